The molecule has 1 aromatic carbocycles. The number of rotatable bonds is 1. The molecule has 0 saturated carbocycles. The smallest absolute Gasteiger partial charge is 0.342 e. The first-order valence-electron chi connectivity index (χ1n) is 5.18. The fourth-order valence-corrected chi connectivity index (χ4v) is 2.04. The number of fused-ring (bicyclic) bond motifs is 1. The minimum Gasteiger partial charge on any atom is -0.507 e. The van der Waals surface area contributed by atoms with Gasteiger partial charge in [0.1, 0.15) is 17.4 Å². The highest BCUT2D eigenvalue weighted by molar-refractivity contribution is 5.95. The summed E-state index contributed by atoms with van der Waals surface area (Å²) >= 11 is 0. The summed E-state index contributed by atoms with van der Waals surface area (Å²) in [7, 11) is 0. The van der Waals surface area contributed by atoms with Crippen LogP contribution in [0.25, 0.3) is 0 Å². The van der Waals surface area contributed by atoms with Gasteiger partial charge in [-0.15, -0.1) is 0 Å². The minimum atomic E-state index is -0.406. The minimum absolute atomic E-state index is 0.0269. The van der Waals surface area contributed by atoms with Crippen molar-refractivity contribution in [3.05, 3.63) is 28.8 Å². The highest BCUT2D eigenvalue weighted by atomic mass is 16.5. The summed E-state index contributed by atoms with van der Waals surface area (Å²) < 4.78 is 5.09. The normalized spacial score (nSPS) is 19.6. The van der Waals surface area contributed by atoms with Gasteiger partial charge in [0, 0.05) is 6.42 Å². The van der Waals surface area contributed by atoms with Crippen molar-refractivity contribution in [2.24, 2.45) is 0 Å². The molecule has 0 amide bonds. The van der Waals surface area contributed by atoms with Crippen LogP contribution in [0.15, 0.2) is 12.1 Å². The zero-order valence-corrected chi connectivity index (χ0v) is 8.91. The second-order valence-corrected chi connectivity index (χ2v) is 3.87. The van der Waals surface area contributed by atoms with E-state index in [9.17, 15) is 9.90 Å². The van der Waals surface area contributed by atoms with Gasteiger partial charge >= 0.3 is 5.97 Å². The summed E-state index contributed by atoms with van der Waals surface area (Å²) in [6, 6.07) is 3.44. The summed E-state index contributed by atoms with van der Waals surface area (Å²) in [4.78, 5) is 11.6. The van der Waals surface area contributed by atoms with E-state index in [4.69, 9.17) is 4.74 Å². The maximum absolute atomic E-state index is 11.6. The standard InChI is InChI=1S/C12H14O3/c1-3-8-4-5-10(13)11-9(8)6-7(2)15-12(11)14/h4-5,7,13H,3,6H2,1-2H3/t7-/m1/s1. The fraction of sp³-hybridized carbons (Fsp3) is 0.417. The molecule has 1 aliphatic rings. The molecule has 1 N–H and O–H groups in total. The topological polar surface area (TPSA) is 46.5 Å². The first kappa shape index (κ1) is 10.0. The molecular formula is C12H14O3. The van der Waals surface area contributed by atoms with E-state index in [1.165, 1.54) is 0 Å². The van der Waals surface area contributed by atoms with Gasteiger partial charge in [0.2, 0.25) is 0 Å². The van der Waals surface area contributed by atoms with Crippen LogP contribution in [-0.4, -0.2) is 17.2 Å². The Kier molecular flexibility index (Phi) is 2.39. The molecule has 0 saturated heterocycles. The average molecular weight is 206 g/mol. The summed E-state index contributed by atoms with van der Waals surface area (Å²) in [6.45, 7) is 3.90. The predicted octanol–water partition coefficient (Wildman–Crippen LogP) is 2.06. The number of benzene rings is 1. The van der Waals surface area contributed by atoms with Crippen molar-refractivity contribution in [3.63, 3.8) is 0 Å². The van der Waals surface area contributed by atoms with Crippen molar-refractivity contribution in [2.45, 2.75) is 32.8 Å². The first-order chi connectivity index (χ1) is 7.13. The lowest BCUT2D eigenvalue weighted by molar-refractivity contribution is 0.0296. The number of cyclic esters (lactones) is 1. The lowest BCUT2D eigenvalue weighted by atomic mass is 9.92. The van der Waals surface area contributed by atoms with Gasteiger partial charge in [-0.25, -0.2) is 4.79 Å². The summed E-state index contributed by atoms with van der Waals surface area (Å²) in [5, 5.41) is 9.63. The zero-order valence-electron chi connectivity index (χ0n) is 8.91. The van der Waals surface area contributed by atoms with Gasteiger partial charge in [0.25, 0.3) is 0 Å². The number of phenols is 1. The maximum atomic E-state index is 11.6. The van der Waals surface area contributed by atoms with Crippen molar-refractivity contribution in [3.8, 4) is 5.75 Å². The molecule has 1 aromatic rings. The van der Waals surface area contributed by atoms with Gasteiger partial charge in [-0.1, -0.05) is 13.0 Å². The van der Waals surface area contributed by atoms with Gasteiger partial charge in [-0.05, 0) is 30.5 Å². The van der Waals surface area contributed by atoms with Gasteiger partial charge in [-0.3, -0.25) is 0 Å². The third-order valence-corrected chi connectivity index (χ3v) is 2.77. The van der Waals surface area contributed by atoms with E-state index in [1.54, 1.807) is 6.07 Å². The number of aromatic hydroxyl groups is 1. The summed E-state index contributed by atoms with van der Waals surface area (Å²) in [6.07, 6.45) is 1.46. The van der Waals surface area contributed by atoms with Gasteiger partial charge in [-0.2, -0.15) is 0 Å². The van der Waals surface area contributed by atoms with E-state index < -0.39 is 5.97 Å². The average Bonchev–Trinajstić information content (AvgIpc) is 2.17. The predicted molar refractivity (Wildman–Crippen MR) is 56.1 cm³/mol. The van der Waals surface area contributed by atoms with Crippen LogP contribution >= 0.6 is 0 Å². The molecule has 0 bridgehead atoms. The lowest BCUT2D eigenvalue weighted by Crippen LogP contribution is -2.26. The van der Waals surface area contributed by atoms with Crippen LogP contribution in [0.1, 0.15) is 35.3 Å². The molecule has 1 atom stereocenters. The molecule has 3 nitrogen and oxygen atoms in total. The Morgan fingerprint density at radius 3 is 2.93 bits per heavy atom. The second-order valence-electron chi connectivity index (χ2n) is 3.87. The Balaban J connectivity index is 2.61. The third kappa shape index (κ3) is 1.58. The Bertz CT molecular complexity index is 410. The number of ether oxygens (including phenoxy) is 1. The highest BCUT2D eigenvalue weighted by Gasteiger charge is 2.28. The lowest BCUT2D eigenvalue weighted by Gasteiger charge is -2.24. The van der Waals surface area contributed by atoms with Gasteiger partial charge in [0.15, 0.2) is 0 Å². The van der Waals surface area contributed by atoms with E-state index in [-0.39, 0.29) is 11.9 Å². The molecule has 0 aromatic heterocycles. The number of aryl methyl sites for hydroxylation is 1. The van der Waals surface area contributed by atoms with E-state index in [0.717, 1.165) is 17.5 Å². The number of hydrogen-bond donors (Lipinski definition) is 1. The third-order valence-electron chi connectivity index (χ3n) is 2.77. The quantitative estimate of drug-likeness (QED) is 0.715. The van der Waals surface area contributed by atoms with Crippen molar-refractivity contribution in [1.29, 1.82) is 0 Å². The van der Waals surface area contributed by atoms with Crippen molar-refractivity contribution in [1.82, 2.24) is 0 Å². The van der Waals surface area contributed by atoms with E-state index >= 15 is 0 Å². The zero-order chi connectivity index (χ0) is 11.0. The van der Waals surface area contributed by atoms with Crippen molar-refractivity contribution >= 4 is 5.97 Å². The Morgan fingerprint density at radius 2 is 2.27 bits per heavy atom. The molecule has 3 heteroatoms. The SMILES string of the molecule is CCc1ccc(O)c2c1C[C@@H](C)OC2=O. The largest absolute Gasteiger partial charge is 0.507 e. The molecule has 1 heterocycles. The molecule has 1 aliphatic heterocycles. The number of esters is 1. The molecule has 0 spiro atoms. The summed E-state index contributed by atoms with van der Waals surface area (Å²) in [5.74, 6) is -0.379. The number of hydrogen-bond acceptors (Lipinski definition) is 3. The monoisotopic (exact) mass is 206 g/mol. The number of carbonyl (C=O) groups is 1. The highest BCUT2D eigenvalue weighted by Crippen LogP contribution is 2.31. The Labute approximate surface area is 88.7 Å². The van der Waals surface area contributed by atoms with Crippen molar-refractivity contribution < 1.29 is 14.6 Å². The van der Waals surface area contributed by atoms with Crippen molar-refractivity contribution in [2.75, 3.05) is 0 Å². The molecule has 0 fully saturated rings. The molecular weight excluding hydrogens is 192 g/mol. The van der Waals surface area contributed by atoms with E-state index in [0.29, 0.717) is 12.0 Å². The molecule has 0 aliphatic carbocycles. The van der Waals surface area contributed by atoms with Crippen LogP contribution in [-0.2, 0) is 17.6 Å². The molecule has 0 unspecified atom stereocenters. The van der Waals surface area contributed by atoms with Crippen LogP contribution in [0.4, 0.5) is 0 Å². The first-order valence-corrected chi connectivity index (χ1v) is 5.18. The fourth-order valence-electron chi connectivity index (χ4n) is 2.04. The number of carbonyl (C=O) groups excluding carboxylic acids is 1. The number of phenolic OH excluding ortho intramolecular Hbond substituents is 1. The van der Waals surface area contributed by atoms with E-state index in [2.05, 4.69) is 0 Å². The van der Waals surface area contributed by atoms with Crippen LogP contribution in [0.3, 0.4) is 0 Å². The molecule has 2 rings (SSSR count). The Morgan fingerprint density at radius 1 is 1.53 bits per heavy atom. The Hall–Kier alpha value is -1.51. The summed E-state index contributed by atoms with van der Waals surface area (Å²) in [5.41, 5.74) is 2.42. The van der Waals surface area contributed by atoms with Crippen LogP contribution < -0.4 is 0 Å². The van der Waals surface area contributed by atoms with Gasteiger partial charge in [0.05, 0.1) is 0 Å². The van der Waals surface area contributed by atoms with Crippen LogP contribution in [0, 0.1) is 0 Å². The van der Waals surface area contributed by atoms with Gasteiger partial charge < -0.3 is 9.84 Å². The van der Waals surface area contributed by atoms with E-state index in [1.807, 2.05) is 19.9 Å². The molecule has 80 valence electrons. The van der Waals surface area contributed by atoms with Crippen LogP contribution in [0.5, 0.6) is 5.75 Å². The second kappa shape index (κ2) is 3.57. The maximum Gasteiger partial charge on any atom is 0.342 e. The molecule has 15 heavy (non-hydrogen) atoms. The molecule has 0 radical (unpaired) electrons. The van der Waals surface area contributed by atoms with Crippen LogP contribution in [0.2, 0.25) is 0 Å².